The zero-order valence-corrected chi connectivity index (χ0v) is 12.9. The third kappa shape index (κ3) is 3.35. The third-order valence-corrected chi connectivity index (χ3v) is 3.68. The van der Waals surface area contributed by atoms with Gasteiger partial charge in [-0.05, 0) is 56.2 Å². The van der Waals surface area contributed by atoms with E-state index in [1.54, 1.807) is 6.07 Å². The first-order chi connectivity index (χ1) is 8.97. The van der Waals surface area contributed by atoms with Crippen LogP contribution < -0.4 is 5.32 Å². The zero-order chi connectivity index (χ0) is 14.0. The molecule has 2 aromatic rings. The Bertz CT molecular complexity index is 595. The second kappa shape index (κ2) is 5.74. The van der Waals surface area contributed by atoms with Crippen LogP contribution in [0.1, 0.15) is 29.7 Å². The Labute approximate surface area is 122 Å². The summed E-state index contributed by atoms with van der Waals surface area (Å²) < 4.78 is 14.7. The summed E-state index contributed by atoms with van der Waals surface area (Å²) in [6.45, 7) is 6.06. The zero-order valence-electron chi connectivity index (χ0n) is 11.3. The predicted molar refractivity (Wildman–Crippen MR) is 82.1 cm³/mol. The lowest BCUT2D eigenvalue weighted by Crippen LogP contribution is -2.09. The van der Waals surface area contributed by atoms with E-state index in [1.807, 2.05) is 19.9 Å². The van der Waals surface area contributed by atoms with Gasteiger partial charge in [-0.3, -0.25) is 0 Å². The van der Waals surface area contributed by atoms with Gasteiger partial charge in [0.1, 0.15) is 5.82 Å². The Kier molecular flexibility index (Phi) is 4.25. The number of anilines is 1. The van der Waals surface area contributed by atoms with Crippen molar-refractivity contribution in [3.05, 3.63) is 63.4 Å². The molecule has 0 saturated heterocycles. The van der Waals surface area contributed by atoms with E-state index in [0.29, 0.717) is 5.56 Å². The van der Waals surface area contributed by atoms with E-state index < -0.39 is 0 Å². The fraction of sp³-hybridized carbons (Fsp3) is 0.250. The van der Waals surface area contributed by atoms with Gasteiger partial charge in [-0.2, -0.15) is 0 Å². The Morgan fingerprint density at radius 3 is 2.58 bits per heavy atom. The molecule has 0 aliphatic heterocycles. The summed E-state index contributed by atoms with van der Waals surface area (Å²) in [6.07, 6.45) is 0. The summed E-state index contributed by atoms with van der Waals surface area (Å²) >= 11 is 3.38. The molecule has 0 spiro atoms. The maximum atomic E-state index is 13.8. The molecule has 100 valence electrons. The normalized spacial score (nSPS) is 12.3. The van der Waals surface area contributed by atoms with Gasteiger partial charge in [0.05, 0.1) is 6.04 Å². The minimum absolute atomic E-state index is 0.0852. The highest BCUT2D eigenvalue weighted by Gasteiger charge is 2.12. The molecule has 1 nitrogen and oxygen atoms in total. The van der Waals surface area contributed by atoms with E-state index in [-0.39, 0.29) is 11.9 Å². The standard InChI is InChI=1S/C16H17BrFN/c1-10-4-5-11(2)16(8-10)19-12(3)14-9-13(17)6-7-15(14)18/h4-9,12,19H,1-3H3. The van der Waals surface area contributed by atoms with Gasteiger partial charge in [-0.15, -0.1) is 0 Å². The second-order valence-electron chi connectivity index (χ2n) is 4.85. The van der Waals surface area contributed by atoms with Gasteiger partial charge < -0.3 is 5.32 Å². The number of aryl methyl sites for hydroxylation is 2. The van der Waals surface area contributed by atoms with Crippen LogP contribution in [-0.2, 0) is 0 Å². The van der Waals surface area contributed by atoms with Crippen LogP contribution in [0.3, 0.4) is 0 Å². The van der Waals surface area contributed by atoms with Crippen LogP contribution in [0.5, 0.6) is 0 Å². The van der Waals surface area contributed by atoms with Crippen LogP contribution in [0.4, 0.5) is 10.1 Å². The molecule has 0 saturated carbocycles. The molecule has 0 radical (unpaired) electrons. The highest BCUT2D eigenvalue weighted by molar-refractivity contribution is 9.10. The minimum atomic E-state index is -0.187. The Balaban J connectivity index is 2.27. The average molecular weight is 322 g/mol. The van der Waals surface area contributed by atoms with E-state index in [9.17, 15) is 4.39 Å². The molecule has 0 fully saturated rings. The van der Waals surface area contributed by atoms with Gasteiger partial charge in [-0.1, -0.05) is 28.1 Å². The van der Waals surface area contributed by atoms with Gasteiger partial charge >= 0.3 is 0 Å². The lowest BCUT2D eigenvalue weighted by atomic mass is 10.1. The molecular formula is C16H17BrFN. The van der Waals surface area contributed by atoms with Gasteiger partial charge in [0.15, 0.2) is 0 Å². The summed E-state index contributed by atoms with van der Waals surface area (Å²) in [5, 5.41) is 3.37. The monoisotopic (exact) mass is 321 g/mol. The molecule has 0 aliphatic carbocycles. The van der Waals surface area contributed by atoms with Crippen LogP contribution in [-0.4, -0.2) is 0 Å². The van der Waals surface area contributed by atoms with Crippen molar-refractivity contribution in [2.24, 2.45) is 0 Å². The quantitative estimate of drug-likeness (QED) is 0.800. The second-order valence-corrected chi connectivity index (χ2v) is 5.77. The molecule has 0 aromatic heterocycles. The number of hydrogen-bond donors (Lipinski definition) is 1. The van der Waals surface area contributed by atoms with Crippen molar-refractivity contribution in [1.82, 2.24) is 0 Å². The molecule has 0 bridgehead atoms. The molecule has 2 rings (SSSR count). The number of halogens is 2. The number of nitrogens with one attached hydrogen (secondary N) is 1. The first kappa shape index (κ1) is 14.1. The molecule has 1 N–H and O–H groups in total. The topological polar surface area (TPSA) is 12.0 Å². The van der Waals surface area contributed by atoms with Crippen molar-refractivity contribution >= 4 is 21.6 Å². The lowest BCUT2D eigenvalue weighted by Gasteiger charge is -2.18. The lowest BCUT2D eigenvalue weighted by molar-refractivity contribution is 0.600. The van der Waals surface area contributed by atoms with Crippen LogP contribution in [0.25, 0.3) is 0 Å². The van der Waals surface area contributed by atoms with Crippen molar-refractivity contribution in [1.29, 1.82) is 0 Å². The van der Waals surface area contributed by atoms with Gasteiger partial charge in [0, 0.05) is 15.7 Å². The van der Waals surface area contributed by atoms with E-state index >= 15 is 0 Å². The molecule has 1 atom stereocenters. The first-order valence-corrected chi connectivity index (χ1v) is 7.05. The fourth-order valence-electron chi connectivity index (χ4n) is 2.05. The molecular weight excluding hydrogens is 305 g/mol. The molecule has 0 heterocycles. The summed E-state index contributed by atoms with van der Waals surface area (Å²) in [6, 6.07) is 11.2. The molecule has 3 heteroatoms. The van der Waals surface area contributed by atoms with Gasteiger partial charge in [0.2, 0.25) is 0 Å². The Morgan fingerprint density at radius 1 is 1.11 bits per heavy atom. The predicted octanol–water partition coefficient (Wildman–Crippen LogP) is 5.38. The summed E-state index contributed by atoms with van der Waals surface area (Å²) in [4.78, 5) is 0. The van der Waals surface area contributed by atoms with Crippen molar-refractivity contribution < 1.29 is 4.39 Å². The highest BCUT2D eigenvalue weighted by atomic mass is 79.9. The van der Waals surface area contributed by atoms with Gasteiger partial charge in [-0.25, -0.2) is 4.39 Å². The SMILES string of the molecule is Cc1ccc(C)c(NC(C)c2cc(Br)ccc2F)c1. The fourth-order valence-corrected chi connectivity index (χ4v) is 2.43. The molecule has 1 unspecified atom stereocenters. The molecule has 2 aromatic carbocycles. The Hall–Kier alpha value is -1.35. The van der Waals surface area contributed by atoms with Crippen molar-refractivity contribution in [3.63, 3.8) is 0 Å². The third-order valence-electron chi connectivity index (χ3n) is 3.19. The highest BCUT2D eigenvalue weighted by Crippen LogP contribution is 2.26. The summed E-state index contributed by atoms with van der Waals surface area (Å²) in [7, 11) is 0. The van der Waals surface area contributed by atoms with Crippen LogP contribution in [0.15, 0.2) is 40.9 Å². The molecule has 0 aliphatic rings. The number of rotatable bonds is 3. The van der Waals surface area contributed by atoms with Crippen LogP contribution in [0.2, 0.25) is 0 Å². The minimum Gasteiger partial charge on any atom is -0.378 e. The van der Waals surface area contributed by atoms with E-state index in [1.165, 1.54) is 11.6 Å². The van der Waals surface area contributed by atoms with Crippen LogP contribution >= 0.6 is 15.9 Å². The maximum absolute atomic E-state index is 13.8. The summed E-state index contributed by atoms with van der Waals surface area (Å²) in [5.41, 5.74) is 4.06. The van der Waals surface area contributed by atoms with Crippen molar-refractivity contribution in [2.75, 3.05) is 5.32 Å². The molecule has 0 amide bonds. The Morgan fingerprint density at radius 2 is 1.84 bits per heavy atom. The number of benzene rings is 2. The van der Waals surface area contributed by atoms with Crippen molar-refractivity contribution in [2.45, 2.75) is 26.8 Å². The molecule has 19 heavy (non-hydrogen) atoms. The first-order valence-electron chi connectivity index (χ1n) is 6.26. The van der Waals surface area contributed by atoms with E-state index in [0.717, 1.165) is 15.7 Å². The smallest absolute Gasteiger partial charge is 0.128 e. The maximum Gasteiger partial charge on any atom is 0.128 e. The van der Waals surface area contributed by atoms with Crippen molar-refractivity contribution in [3.8, 4) is 0 Å². The summed E-state index contributed by atoms with van der Waals surface area (Å²) in [5.74, 6) is -0.187. The average Bonchev–Trinajstić information content (AvgIpc) is 2.36. The van der Waals surface area contributed by atoms with E-state index in [4.69, 9.17) is 0 Å². The van der Waals surface area contributed by atoms with Gasteiger partial charge in [0.25, 0.3) is 0 Å². The largest absolute Gasteiger partial charge is 0.378 e. The number of hydrogen-bond acceptors (Lipinski definition) is 1. The van der Waals surface area contributed by atoms with Crippen LogP contribution in [0, 0.1) is 19.7 Å². The van der Waals surface area contributed by atoms with E-state index in [2.05, 4.69) is 46.4 Å².